The molecule has 4 rings (SSSR count). The predicted octanol–water partition coefficient (Wildman–Crippen LogP) is 5.35. The van der Waals surface area contributed by atoms with Crippen LogP contribution in [0.25, 0.3) is 0 Å². The summed E-state index contributed by atoms with van der Waals surface area (Å²) in [6.07, 6.45) is 4.69. The number of hydrogen-bond donors (Lipinski definition) is 1. The van der Waals surface area contributed by atoms with Crippen molar-refractivity contribution in [1.29, 1.82) is 10.5 Å². The van der Waals surface area contributed by atoms with Crippen LogP contribution in [0.3, 0.4) is 0 Å². The van der Waals surface area contributed by atoms with Gasteiger partial charge in [0.1, 0.15) is 24.2 Å². The van der Waals surface area contributed by atoms with Crippen LogP contribution in [0.2, 0.25) is 0 Å². The van der Waals surface area contributed by atoms with Crippen LogP contribution in [0.15, 0.2) is 67.1 Å². The number of hydrogen-bond acceptors (Lipinski definition) is 8. The average Bonchev–Trinajstić information content (AvgIpc) is 2.86. The van der Waals surface area contributed by atoms with Crippen LogP contribution in [0, 0.1) is 36.5 Å². The second kappa shape index (κ2) is 10.1. The van der Waals surface area contributed by atoms with Gasteiger partial charge in [-0.05, 0) is 66.9 Å². The molecule has 0 aliphatic carbocycles. The fraction of sp³-hybridized carbons (Fsp3) is 0.115. The molecule has 2 heterocycles. The van der Waals surface area contributed by atoms with E-state index in [-0.39, 0.29) is 0 Å². The van der Waals surface area contributed by atoms with Crippen LogP contribution in [0.4, 0.5) is 11.6 Å². The van der Waals surface area contributed by atoms with Crippen molar-refractivity contribution in [2.75, 3.05) is 5.32 Å². The minimum absolute atomic E-state index is 0.338. The van der Waals surface area contributed by atoms with Gasteiger partial charge in [0.25, 0.3) is 0 Å². The van der Waals surface area contributed by atoms with E-state index in [0.29, 0.717) is 41.1 Å². The molecule has 0 saturated carbocycles. The van der Waals surface area contributed by atoms with Gasteiger partial charge in [-0.1, -0.05) is 0 Å². The number of nitrogens with zero attached hydrogens (tertiary/aromatic N) is 5. The highest BCUT2D eigenvalue weighted by Crippen LogP contribution is 2.30. The average molecular weight is 448 g/mol. The third kappa shape index (κ3) is 5.45. The summed E-state index contributed by atoms with van der Waals surface area (Å²) in [5.74, 6) is 2.04. The molecule has 0 fully saturated rings. The summed E-state index contributed by atoms with van der Waals surface area (Å²) in [6.45, 7) is 4.26. The van der Waals surface area contributed by atoms with E-state index < -0.39 is 0 Å². The smallest absolute Gasteiger partial charge is 0.230 e. The molecule has 0 bridgehead atoms. The van der Waals surface area contributed by atoms with Gasteiger partial charge in [0.15, 0.2) is 0 Å². The van der Waals surface area contributed by atoms with E-state index in [9.17, 15) is 0 Å². The van der Waals surface area contributed by atoms with Gasteiger partial charge >= 0.3 is 0 Å². The number of benzene rings is 2. The summed E-state index contributed by atoms with van der Waals surface area (Å²) in [7, 11) is 0. The molecule has 0 radical (unpaired) electrons. The molecule has 0 amide bonds. The summed E-state index contributed by atoms with van der Waals surface area (Å²) in [6, 6.07) is 18.5. The third-order valence-corrected chi connectivity index (χ3v) is 4.87. The third-order valence-electron chi connectivity index (χ3n) is 4.87. The second-order valence-corrected chi connectivity index (χ2v) is 7.50. The number of nitrogens with one attached hydrogen (secondary N) is 1. The van der Waals surface area contributed by atoms with Gasteiger partial charge in [0.2, 0.25) is 11.8 Å². The number of nitriles is 2. The van der Waals surface area contributed by atoms with E-state index in [1.165, 1.54) is 6.20 Å². The number of pyridine rings is 1. The molecule has 0 atom stereocenters. The Balaban J connectivity index is 1.45. The topological polar surface area (TPSA) is 117 Å². The summed E-state index contributed by atoms with van der Waals surface area (Å²) >= 11 is 0. The van der Waals surface area contributed by atoms with Crippen molar-refractivity contribution in [3.63, 3.8) is 0 Å². The zero-order chi connectivity index (χ0) is 23.9. The summed E-state index contributed by atoms with van der Waals surface area (Å²) in [5.41, 5.74) is 4.63. The van der Waals surface area contributed by atoms with Crippen LogP contribution in [-0.4, -0.2) is 15.0 Å². The van der Waals surface area contributed by atoms with Gasteiger partial charge in [0, 0.05) is 30.2 Å². The van der Waals surface area contributed by atoms with Crippen molar-refractivity contribution in [2.45, 2.75) is 20.5 Å². The second-order valence-electron chi connectivity index (χ2n) is 7.50. The van der Waals surface area contributed by atoms with E-state index in [4.69, 9.17) is 20.0 Å². The molecule has 0 saturated heterocycles. The molecule has 0 aliphatic rings. The molecule has 0 aliphatic heterocycles. The molecule has 34 heavy (non-hydrogen) atoms. The zero-order valence-electron chi connectivity index (χ0n) is 18.6. The summed E-state index contributed by atoms with van der Waals surface area (Å²) in [4.78, 5) is 12.7. The molecule has 166 valence electrons. The molecule has 0 spiro atoms. The zero-order valence-corrected chi connectivity index (χ0v) is 18.6. The number of anilines is 2. The van der Waals surface area contributed by atoms with Gasteiger partial charge in [-0.3, -0.25) is 4.98 Å². The van der Waals surface area contributed by atoms with Crippen LogP contribution >= 0.6 is 0 Å². The fourth-order valence-electron chi connectivity index (χ4n) is 3.33. The SMILES string of the molecule is Cc1cc(COc2cncc(C#N)c2)cc(C)c1Oc1ccnc(Nc2ccc(C#N)cc2)n1. The van der Waals surface area contributed by atoms with E-state index in [0.717, 1.165) is 22.4 Å². The van der Waals surface area contributed by atoms with Crippen LogP contribution in [-0.2, 0) is 6.61 Å². The Morgan fingerprint density at radius 2 is 1.65 bits per heavy atom. The van der Waals surface area contributed by atoms with Crippen molar-refractivity contribution in [3.8, 4) is 29.5 Å². The molecule has 8 heteroatoms. The van der Waals surface area contributed by atoms with Crippen molar-refractivity contribution in [3.05, 3.63) is 94.9 Å². The molecule has 8 nitrogen and oxygen atoms in total. The van der Waals surface area contributed by atoms with Gasteiger partial charge in [0.05, 0.1) is 23.4 Å². The monoisotopic (exact) mass is 448 g/mol. The highest BCUT2D eigenvalue weighted by atomic mass is 16.5. The Bertz CT molecular complexity index is 1380. The highest BCUT2D eigenvalue weighted by Gasteiger charge is 2.11. The van der Waals surface area contributed by atoms with E-state index >= 15 is 0 Å². The van der Waals surface area contributed by atoms with Gasteiger partial charge in [-0.25, -0.2) is 4.98 Å². The maximum absolute atomic E-state index is 9.00. The lowest BCUT2D eigenvalue weighted by Gasteiger charge is -2.14. The Kier molecular flexibility index (Phi) is 6.62. The summed E-state index contributed by atoms with van der Waals surface area (Å²) in [5, 5.41) is 21.0. The lowest BCUT2D eigenvalue weighted by molar-refractivity contribution is 0.304. The molecule has 4 aromatic rings. The Morgan fingerprint density at radius 3 is 2.35 bits per heavy atom. The number of rotatable bonds is 7. The van der Waals surface area contributed by atoms with Crippen molar-refractivity contribution in [2.24, 2.45) is 0 Å². The van der Waals surface area contributed by atoms with E-state index in [1.54, 1.807) is 48.8 Å². The van der Waals surface area contributed by atoms with Crippen LogP contribution < -0.4 is 14.8 Å². The predicted molar refractivity (Wildman–Crippen MR) is 126 cm³/mol. The van der Waals surface area contributed by atoms with Crippen molar-refractivity contribution >= 4 is 11.6 Å². The molecule has 2 aromatic carbocycles. The number of aryl methyl sites for hydroxylation is 2. The maximum atomic E-state index is 9.00. The van der Waals surface area contributed by atoms with E-state index in [2.05, 4.69) is 32.4 Å². The van der Waals surface area contributed by atoms with Gasteiger partial charge in [-0.15, -0.1) is 0 Å². The van der Waals surface area contributed by atoms with Crippen LogP contribution in [0.1, 0.15) is 27.8 Å². The molecule has 2 aromatic heterocycles. The van der Waals surface area contributed by atoms with Gasteiger partial charge < -0.3 is 14.8 Å². The Labute approximate surface area is 197 Å². The minimum Gasteiger partial charge on any atom is -0.487 e. The molecule has 1 N–H and O–H groups in total. The first-order valence-electron chi connectivity index (χ1n) is 10.4. The molecular formula is C26H20N6O2. The maximum Gasteiger partial charge on any atom is 0.230 e. The normalized spacial score (nSPS) is 10.1. The first-order chi connectivity index (χ1) is 16.5. The number of aromatic nitrogens is 3. The lowest BCUT2D eigenvalue weighted by atomic mass is 10.1. The van der Waals surface area contributed by atoms with Crippen molar-refractivity contribution < 1.29 is 9.47 Å². The molecular weight excluding hydrogens is 428 g/mol. The molecule has 0 unspecified atom stereocenters. The van der Waals surface area contributed by atoms with E-state index in [1.807, 2.05) is 26.0 Å². The Morgan fingerprint density at radius 1 is 0.912 bits per heavy atom. The minimum atomic E-state index is 0.338. The lowest BCUT2D eigenvalue weighted by Crippen LogP contribution is -2.01. The van der Waals surface area contributed by atoms with Gasteiger partial charge in [-0.2, -0.15) is 15.5 Å². The first-order valence-corrected chi connectivity index (χ1v) is 10.4. The highest BCUT2D eigenvalue weighted by molar-refractivity contribution is 5.55. The quantitative estimate of drug-likeness (QED) is 0.402. The summed E-state index contributed by atoms with van der Waals surface area (Å²) < 4.78 is 11.9. The largest absolute Gasteiger partial charge is 0.487 e. The first kappa shape index (κ1) is 22.3. The van der Waals surface area contributed by atoms with Crippen LogP contribution in [0.5, 0.6) is 17.4 Å². The Hall–Kier alpha value is -4.95. The van der Waals surface area contributed by atoms with Crippen molar-refractivity contribution in [1.82, 2.24) is 15.0 Å². The number of ether oxygens (including phenoxy) is 2. The fourth-order valence-corrected chi connectivity index (χ4v) is 3.33. The standard InChI is InChI=1S/C26H20N6O2/c1-17-9-20(16-33-23-11-21(13-28)14-29-15-23)10-18(2)25(17)34-24-7-8-30-26(32-24)31-22-5-3-19(12-27)4-6-22/h3-11,14-15H,16H2,1-2H3,(H,30,31,32).